The Kier molecular flexibility index (Phi) is 5.22. The second-order valence-electron chi connectivity index (χ2n) is 7.78. The minimum absolute atomic E-state index is 0.204. The molecule has 0 saturated heterocycles. The van der Waals surface area contributed by atoms with Gasteiger partial charge in [-0.05, 0) is 49.4 Å². The maximum absolute atomic E-state index is 13.7. The molecule has 0 aliphatic carbocycles. The highest BCUT2D eigenvalue weighted by atomic mass is 16.5. The standard InChI is InChI=1S/C26H24N4O3/c1-16-23(25(31)28-17-12-14-18(32-2)15-13-17)24(19-8-4-7-11-22(19)33-3)30-21-10-6-5-9-20(21)29-26(30)27-16/h4-15,24H,1-3H3,(H,27,29)(H,28,31)/t24-/m1/s1. The molecule has 1 amide bonds. The number of carbonyl (C=O) groups excluding carboxylic acids is 1. The Morgan fingerprint density at radius 2 is 1.70 bits per heavy atom. The predicted molar refractivity (Wildman–Crippen MR) is 129 cm³/mol. The summed E-state index contributed by atoms with van der Waals surface area (Å²) < 4.78 is 13.0. The molecule has 2 heterocycles. The van der Waals surface area contributed by atoms with Gasteiger partial charge in [0.05, 0.1) is 36.9 Å². The summed E-state index contributed by atoms with van der Waals surface area (Å²) in [5.41, 5.74) is 4.67. The first-order valence-electron chi connectivity index (χ1n) is 10.6. The zero-order valence-corrected chi connectivity index (χ0v) is 18.6. The van der Waals surface area contributed by atoms with Gasteiger partial charge in [0.15, 0.2) is 0 Å². The second kappa shape index (κ2) is 8.35. The van der Waals surface area contributed by atoms with E-state index in [-0.39, 0.29) is 5.91 Å². The summed E-state index contributed by atoms with van der Waals surface area (Å²) in [6.45, 7) is 1.90. The van der Waals surface area contributed by atoms with E-state index in [1.165, 1.54) is 0 Å². The lowest BCUT2D eigenvalue weighted by atomic mass is 9.93. The monoisotopic (exact) mass is 440 g/mol. The molecule has 7 heteroatoms. The number of nitrogens with zero attached hydrogens (tertiary/aromatic N) is 2. The summed E-state index contributed by atoms with van der Waals surface area (Å²) in [5, 5.41) is 6.37. The Hall–Kier alpha value is -4.26. The van der Waals surface area contributed by atoms with Crippen LogP contribution in [0.5, 0.6) is 11.5 Å². The van der Waals surface area contributed by atoms with Gasteiger partial charge in [0.2, 0.25) is 5.95 Å². The van der Waals surface area contributed by atoms with Crippen molar-refractivity contribution in [3.63, 3.8) is 0 Å². The average molecular weight is 441 g/mol. The number of anilines is 2. The van der Waals surface area contributed by atoms with E-state index in [1.807, 2.05) is 79.7 Å². The number of fused-ring (bicyclic) bond motifs is 3. The average Bonchev–Trinajstić information content (AvgIpc) is 3.21. The van der Waals surface area contributed by atoms with Crippen molar-refractivity contribution >= 4 is 28.6 Å². The van der Waals surface area contributed by atoms with Crippen molar-refractivity contribution in [1.82, 2.24) is 9.55 Å². The number of ether oxygens (including phenoxy) is 2. The number of rotatable bonds is 5. The molecule has 0 saturated carbocycles. The number of benzene rings is 3. The summed E-state index contributed by atoms with van der Waals surface area (Å²) in [6, 6.07) is 22.5. The van der Waals surface area contributed by atoms with Crippen LogP contribution in [-0.4, -0.2) is 29.7 Å². The summed E-state index contributed by atoms with van der Waals surface area (Å²) in [5.74, 6) is 1.91. The number of carbonyl (C=O) groups is 1. The number of hydrogen-bond donors (Lipinski definition) is 2. The smallest absolute Gasteiger partial charge is 0.255 e. The van der Waals surface area contributed by atoms with E-state index < -0.39 is 6.04 Å². The van der Waals surface area contributed by atoms with Gasteiger partial charge in [0.25, 0.3) is 5.91 Å². The minimum Gasteiger partial charge on any atom is -0.497 e. The third kappa shape index (κ3) is 3.57. The number of imidazole rings is 1. The van der Waals surface area contributed by atoms with Crippen LogP contribution in [0.15, 0.2) is 84.1 Å². The summed E-state index contributed by atoms with van der Waals surface area (Å²) in [6.07, 6.45) is 0. The lowest BCUT2D eigenvalue weighted by molar-refractivity contribution is -0.113. The number of allylic oxidation sites excluding steroid dienone is 1. The third-order valence-electron chi connectivity index (χ3n) is 5.86. The van der Waals surface area contributed by atoms with E-state index >= 15 is 0 Å². The topological polar surface area (TPSA) is 77.4 Å². The molecule has 0 spiro atoms. The van der Waals surface area contributed by atoms with Crippen LogP contribution >= 0.6 is 0 Å². The lowest BCUT2D eigenvalue weighted by Crippen LogP contribution is -2.31. The number of methoxy groups -OCH3 is 2. The van der Waals surface area contributed by atoms with Crippen molar-refractivity contribution < 1.29 is 14.3 Å². The summed E-state index contributed by atoms with van der Waals surface area (Å²) in [4.78, 5) is 18.4. The van der Waals surface area contributed by atoms with E-state index in [4.69, 9.17) is 14.5 Å². The molecule has 0 radical (unpaired) electrons. The molecule has 1 aliphatic heterocycles. The lowest BCUT2D eigenvalue weighted by Gasteiger charge is -2.31. The number of hydrogen-bond acceptors (Lipinski definition) is 5. The molecule has 4 aromatic rings. The van der Waals surface area contributed by atoms with Crippen LogP contribution in [0.1, 0.15) is 18.5 Å². The first-order valence-corrected chi connectivity index (χ1v) is 10.6. The number of para-hydroxylation sites is 3. The second-order valence-corrected chi connectivity index (χ2v) is 7.78. The van der Waals surface area contributed by atoms with Crippen molar-refractivity contribution in [2.24, 2.45) is 0 Å². The minimum atomic E-state index is -0.428. The van der Waals surface area contributed by atoms with Gasteiger partial charge in [-0.2, -0.15) is 0 Å². The molecular formula is C26H24N4O3. The maximum atomic E-state index is 13.7. The highest BCUT2D eigenvalue weighted by Crippen LogP contribution is 2.42. The van der Waals surface area contributed by atoms with E-state index in [0.717, 1.165) is 28.0 Å². The van der Waals surface area contributed by atoms with Gasteiger partial charge < -0.3 is 20.1 Å². The molecule has 0 bridgehead atoms. The predicted octanol–water partition coefficient (Wildman–Crippen LogP) is 4.98. The van der Waals surface area contributed by atoms with Gasteiger partial charge in [0.1, 0.15) is 11.5 Å². The molecule has 166 valence electrons. The normalized spacial score (nSPS) is 15.1. The quantitative estimate of drug-likeness (QED) is 0.458. The van der Waals surface area contributed by atoms with Gasteiger partial charge in [-0.1, -0.05) is 30.3 Å². The Morgan fingerprint density at radius 3 is 2.45 bits per heavy atom. The highest BCUT2D eigenvalue weighted by molar-refractivity contribution is 6.06. The molecule has 2 N–H and O–H groups in total. The molecule has 5 rings (SSSR count). The summed E-state index contributed by atoms with van der Waals surface area (Å²) in [7, 11) is 3.25. The van der Waals surface area contributed by atoms with E-state index in [9.17, 15) is 4.79 Å². The Balaban J connectivity index is 1.65. The maximum Gasteiger partial charge on any atom is 0.255 e. The fourth-order valence-corrected chi connectivity index (χ4v) is 4.32. The first kappa shape index (κ1) is 20.6. The van der Waals surface area contributed by atoms with Gasteiger partial charge in [-0.3, -0.25) is 9.36 Å². The van der Waals surface area contributed by atoms with Crippen LogP contribution < -0.4 is 20.1 Å². The Morgan fingerprint density at radius 1 is 0.970 bits per heavy atom. The Bertz CT molecular complexity index is 1370. The van der Waals surface area contributed by atoms with Gasteiger partial charge in [-0.15, -0.1) is 0 Å². The first-order chi connectivity index (χ1) is 16.1. The molecule has 3 aromatic carbocycles. The largest absolute Gasteiger partial charge is 0.497 e. The van der Waals surface area contributed by atoms with Crippen molar-refractivity contribution in [3.8, 4) is 11.5 Å². The van der Waals surface area contributed by atoms with Crippen LogP contribution in [-0.2, 0) is 4.79 Å². The van der Waals surface area contributed by atoms with E-state index in [1.54, 1.807) is 14.2 Å². The molecule has 0 fully saturated rings. The summed E-state index contributed by atoms with van der Waals surface area (Å²) >= 11 is 0. The molecule has 1 aliphatic rings. The number of nitrogens with one attached hydrogen (secondary N) is 2. The van der Waals surface area contributed by atoms with Crippen LogP contribution in [0, 0.1) is 0 Å². The number of aromatic nitrogens is 2. The van der Waals surface area contributed by atoms with Gasteiger partial charge >= 0.3 is 0 Å². The van der Waals surface area contributed by atoms with Crippen LogP contribution in [0.4, 0.5) is 11.6 Å². The van der Waals surface area contributed by atoms with Crippen LogP contribution in [0.3, 0.4) is 0 Å². The third-order valence-corrected chi connectivity index (χ3v) is 5.86. The molecule has 1 aromatic heterocycles. The fraction of sp³-hybridized carbons (Fsp3) is 0.154. The van der Waals surface area contributed by atoms with Crippen molar-refractivity contribution in [3.05, 3.63) is 89.6 Å². The van der Waals surface area contributed by atoms with Crippen molar-refractivity contribution in [1.29, 1.82) is 0 Å². The van der Waals surface area contributed by atoms with Crippen molar-refractivity contribution in [2.75, 3.05) is 24.9 Å². The zero-order valence-electron chi connectivity index (χ0n) is 18.6. The Labute approximate surface area is 191 Å². The molecular weight excluding hydrogens is 416 g/mol. The van der Waals surface area contributed by atoms with E-state index in [2.05, 4.69) is 15.2 Å². The van der Waals surface area contributed by atoms with Gasteiger partial charge in [-0.25, -0.2) is 4.98 Å². The molecule has 0 unspecified atom stereocenters. The van der Waals surface area contributed by atoms with Crippen LogP contribution in [0.2, 0.25) is 0 Å². The fourth-order valence-electron chi connectivity index (χ4n) is 4.32. The van der Waals surface area contributed by atoms with Crippen molar-refractivity contribution in [2.45, 2.75) is 13.0 Å². The van der Waals surface area contributed by atoms with E-state index in [0.29, 0.717) is 23.0 Å². The van der Waals surface area contributed by atoms with Gasteiger partial charge in [0, 0.05) is 16.9 Å². The molecule has 1 atom stereocenters. The molecule has 7 nitrogen and oxygen atoms in total. The SMILES string of the molecule is COc1ccc(NC(=O)C2=C(C)Nc3nc4ccccc4n3[C@@H]2c2ccccc2OC)cc1. The number of amides is 1. The zero-order chi connectivity index (χ0) is 22.9. The van der Waals surface area contributed by atoms with Crippen LogP contribution in [0.25, 0.3) is 11.0 Å². The highest BCUT2D eigenvalue weighted by Gasteiger charge is 2.35. The molecule has 33 heavy (non-hydrogen) atoms.